The molecule has 0 aliphatic carbocycles. The van der Waals surface area contributed by atoms with E-state index in [2.05, 4.69) is 23.6 Å². The third-order valence-corrected chi connectivity index (χ3v) is 3.77. The Balaban J connectivity index is 2.19. The largest absolute Gasteiger partial charge is 0.478 e. The van der Waals surface area contributed by atoms with Gasteiger partial charge in [0, 0.05) is 32.2 Å². The van der Waals surface area contributed by atoms with Gasteiger partial charge in [0.2, 0.25) is 0 Å². The first-order chi connectivity index (χ1) is 8.99. The van der Waals surface area contributed by atoms with Crippen LogP contribution < -0.4 is 4.90 Å². The SMILES string of the molecule is Cc1ccc(C(=O)O)c(N2CCN(C(C)C)CC2)c1. The first-order valence-electron chi connectivity index (χ1n) is 6.82. The number of nitrogens with zero attached hydrogens (tertiary/aromatic N) is 2. The predicted molar refractivity (Wildman–Crippen MR) is 77.1 cm³/mol. The topological polar surface area (TPSA) is 43.8 Å². The normalized spacial score (nSPS) is 16.9. The van der Waals surface area contributed by atoms with Crippen LogP contribution in [0.5, 0.6) is 0 Å². The number of aromatic carboxylic acids is 1. The molecule has 1 aromatic rings. The highest BCUT2D eigenvalue weighted by atomic mass is 16.4. The van der Waals surface area contributed by atoms with Gasteiger partial charge >= 0.3 is 5.97 Å². The van der Waals surface area contributed by atoms with E-state index in [-0.39, 0.29) is 0 Å². The fraction of sp³-hybridized carbons (Fsp3) is 0.533. The highest BCUT2D eigenvalue weighted by molar-refractivity contribution is 5.94. The van der Waals surface area contributed by atoms with Gasteiger partial charge < -0.3 is 10.0 Å². The Bertz CT molecular complexity index is 463. The highest BCUT2D eigenvalue weighted by Gasteiger charge is 2.22. The maximum absolute atomic E-state index is 11.3. The van der Waals surface area contributed by atoms with Crippen molar-refractivity contribution in [2.45, 2.75) is 26.8 Å². The molecule has 2 rings (SSSR count). The predicted octanol–water partition coefficient (Wildman–Crippen LogP) is 2.22. The summed E-state index contributed by atoms with van der Waals surface area (Å²) in [6.45, 7) is 10.2. The van der Waals surface area contributed by atoms with Gasteiger partial charge in [-0.1, -0.05) is 6.07 Å². The molecule has 4 heteroatoms. The quantitative estimate of drug-likeness (QED) is 0.907. The van der Waals surface area contributed by atoms with Gasteiger partial charge in [0.25, 0.3) is 0 Å². The fourth-order valence-electron chi connectivity index (χ4n) is 2.56. The van der Waals surface area contributed by atoms with Crippen LogP contribution in [0.25, 0.3) is 0 Å². The van der Waals surface area contributed by atoms with Crippen LogP contribution >= 0.6 is 0 Å². The number of hydrogen-bond acceptors (Lipinski definition) is 3. The summed E-state index contributed by atoms with van der Waals surface area (Å²) in [5.41, 5.74) is 2.37. The molecule has 1 heterocycles. The number of aryl methyl sites for hydroxylation is 1. The zero-order valence-electron chi connectivity index (χ0n) is 11.9. The Morgan fingerprint density at radius 1 is 1.21 bits per heavy atom. The Kier molecular flexibility index (Phi) is 4.10. The van der Waals surface area contributed by atoms with Gasteiger partial charge in [0.1, 0.15) is 0 Å². The lowest BCUT2D eigenvalue weighted by atomic mass is 10.1. The van der Waals surface area contributed by atoms with Crippen LogP contribution in [0.1, 0.15) is 29.8 Å². The molecule has 1 aliphatic heterocycles. The van der Waals surface area contributed by atoms with E-state index >= 15 is 0 Å². The van der Waals surface area contributed by atoms with Gasteiger partial charge in [0.05, 0.1) is 11.3 Å². The van der Waals surface area contributed by atoms with E-state index in [4.69, 9.17) is 0 Å². The number of carboxylic acid groups (broad SMARTS) is 1. The molecular weight excluding hydrogens is 240 g/mol. The smallest absolute Gasteiger partial charge is 0.337 e. The molecule has 1 fully saturated rings. The van der Waals surface area contributed by atoms with Gasteiger partial charge in [-0.05, 0) is 38.5 Å². The monoisotopic (exact) mass is 262 g/mol. The second-order valence-corrected chi connectivity index (χ2v) is 5.44. The van der Waals surface area contributed by atoms with Gasteiger partial charge in [-0.15, -0.1) is 0 Å². The van der Waals surface area contributed by atoms with Crippen molar-refractivity contribution in [2.75, 3.05) is 31.1 Å². The number of rotatable bonds is 3. The number of carboxylic acids is 1. The Morgan fingerprint density at radius 3 is 2.37 bits per heavy atom. The maximum atomic E-state index is 11.3. The lowest BCUT2D eigenvalue weighted by molar-refractivity contribution is 0.0697. The average molecular weight is 262 g/mol. The van der Waals surface area contributed by atoms with E-state index in [0.717, 1.165) is 37.4 Å². The van der Waals surface area contributed by atoms with E-state index in [9.17, 15) is 9.90 Å². The van der Waals surface area contributed by atoms with Crippen molar-refractivity contribution in [1.29, 1.82) is 0 Å². The molecule has 0 unspecified atom stereocenters. The Labute approximate surface area is 114 Å². The van der Waals surface area contributed by atoms with Crippen LogP contribution in [-0.4, -0.2) is 48.2 Å². The van der Waals surface area contributed by atoms with Crippen molar-refractivity contribution >= 4 is 11.7 Å². The molecule has 0 saturated carbocycles. The molecule has 104 valence electrons. The lowest BCUT2D eigenvalue weighted by Gasteiger charge is -2.38. The third kappa shape index (κ3) is 3.07. The molecule has 4 nitrogen and oxygen atoms in total. The van der Waals surface area contributed by atoms with E-state index in [0.29, 0.717) is 11.6 Å². The molecule has 0 bridgehead atoms. The molecule has 0 aromatic heterocycles. The van der Waals surface area contributed by atoms with Crippen LogP contribution in [0.15, 0.2) is 18.2 Å². The number of carbonyl (C=O) groups is 1. The molecule has 0 radical (unpaired) electrons. The van der Waals surface area contributed by atoms with E-state index < -0.39 is 5.97 Å². The molecule has 1 saturated heterocycles. The first-order valence-corrected chi connectivity index (χ1v) is 6.82. The van der Waals surface area contributed by atoms with Crippen LogP contribution in [0, 0.1) is 6.92 Å². The lowest BCUT2D eigenvalue weighted by Crippen LogP contribution is -2.49. The second kappa shape index (κ2) is 5.61. The number of hydrogen-bond donors (Lipinski definition) is 1. The Hall–Kier alpha value is -1.55. The highest BCUT2D eigenvalue weighted by Crippen LogP contribution is 2.24. The zero-order chi connectivity index (χ0) is 14.0. The molecule has 0 amide bonds. The van der Waals surface area contributed by atoms with Crippen molar-refractivity contribution in [3.63, 3.8) is 0 Å². The standard InChI is InChI=1S/C15H22N2O2/c1-11(2)16-6-8-17(9-7-16)14-10-12(3)4-5-13(14)15(18)19/h4-5,10-11H,6-9H2,1-3H3,(H,18,19). The Morgan fingerprint density at radius 2 is 1.84 bits per heavy atom. The molecule has 1 N–H and O–H groups in total. The van der Waals surface area contributed by atoms with E-state index in [1.54, 1.807) is 6.07 Å². The molecule has 0 atom stereocenters. The van der Waals surface area contributed by atoms with Gasteiger partial charge in [-0.25, -0.2) is 4.79 Å². The summed E-state index contributed by atoms with van der Waals surface area (Å²) >= 11 is 0. The number of piperazine rings is 1. The summed E-state index contributed by atoms with van der Waals surface area (Å²) < 4.78 is 0. The second-order valence-electron chi connectivity index (χ2n) is 5.44. The van der Waals surface area contributed by atoms with Crippen molar-refractivity contribution in [3.05, 3.63) is 29.3 Å². The summed E-state index contributed by atoms with van der Waals surface area (Å²) in [6.07, 6.45) is 0. The minimum absolute atomic E-state index is 0.406. The molecule has 1 aliphatic rings. The minimum atomic E-state index is -0.846. The molecule has 0 spiro atoms. The van der Waals surface area contributed by atoms with Gasteiger partial charge in [-0.3, -0.25) is 4.90 Å². The van der Waals surface area contributed by atoms with Crippen molar-refractivity contribution in [2.24, 2.45) is 0 Å². The zero-order valence-corrected chi connectivity index (χ0v) is 11.9. The van der Waals surface area contributed by atoms with Crippen molar-refractivity contribution < 1.29 is 9.90 Å². The summed E-state index contributed by atoms with van der Waals surface area (Å²) in [4.78, 5) is 15.9. The van der Waals surface area contributed by atoms with E-state index in [1.807, 2.05) is 19.1 Å². The van der Waals surface area contributed by atoms with Crippen molar-refractivity contribution in [1.82, 2.24) is 4.90 Å². The summed E-state index contributed by atoms with van der Waals surface area (Å²) in [6, 6.07) is 6.10. The minimum Gasteiger partial charge on any atom is -0.478 e. The average Bonchev–Trinajstić information content (AvgIpc) is 2.38. The van der Waals surface area contributed by atoms with Crippen LogP contribution in [-0.2, 0) is 0 Å². The van der Waals surface area contributed by atoms with E-state index in [1.165, 1.54) is 0 Å². The molecule has 19 heavy (non-hydrogen) atoms. The molecular formula is C15H22N2O2. The van der Waals surface area contributed by atoms with Crippen molar-refractivity contribution in [3.8, 4) is 0 Å². The third-order valence-electron chi connectivity index (χ3n) is 3.77. The first kappa shape index (κ1) is 13.9. The van der Waals surface area contributed by atoms with Gasteiger partial charge in [-0.2, -0.15) is 0 Å². The summed E-state index contributed by atoms with van der Waals surface area (Å²) in [5.74, 6) is -0.846. The van der Waals surface area contributed by atoms with Crippen LogP contribution in [0.2, 0.25) is 0 Å². The maximum Gasteiger partial charge on any atom is 0.337 e. The molecule has 1 aromatic carbocycles. The van der Waals surface area contributed by atoms with Crippen LogP contribution in [0.4, 0.5) is 5.69 Å². The summed E-state index contributed by atoms with van der Waals surface area (Å²) in [7, 11) is 0. The van der Waals surface area contributed by atoms with Crippen LogP contribution in [0.3, 0.4) is 0 Å². The van der Waals surface area contributed by atoms with Gasteiger partial charge in [0.15, 0.2) is 0 Å². The number of benzene rings is 1. The summed E-state index contributed by atoms with van der Waals surface area (Å²) in [5, 5.41) is 9.29. The number of anilines is 1. The fourth-order valence-corrected chi connectivity index (χ4v) is 2.56.